The van der Waals surface area contributed by atoms with Gasteiger partial charge in [-0.1, -0.05) is 0 Å². The Labute approximate surface area is 138 Å². The Morgan fingerprint density at radius 1 is 1.38 bits per heavy atom. The molecular formula is C12H23N9O3. The zero-order valence-electron chi connectivity index (χ0n) is 13.1. The van der Waals surface area contributed by atoms with Crippen LogP contribution in [-0.4, -0.2) is 54.9 Å². The summed E-state index contributed by atoms with van der Waals surface area (Å²) in [5.74, 6) is -0.903. The first-order valence-electron chi connectivity index (χ1n) is 7.30. The first-order valence-corrected chi connectivity index (χ1v) is 7.30. The molecule has 12 heteroatoms. The smallest absolute Gasteiger partial charge is 0.318 e. The highest BCUT2D eigenvalue weighted by Gasteiger charge is 2.26. The molecule has 11 N–H and O–H groups in total. The molecule has 2 atom stereocenters. The number of aliphatic imine (C=N–C) groups is 2. The first kappa shape index (κ1) is 19.2. The van der Waals surface area contributed by atoms with Crippen LogP contribution in [-0.2, 0) is 9.59 Å². The summed E-state index contributed by atoms with van der Waals surface area (Å²) in [5, 5.41) is 7.01. The number of guanidine groups is 2. The maximum atomic E-state index is 11.9. The Balaban J connectivity index is 2.34. The molecule has 0 aromatic heterocycles. The standard InChI is InChI=1S/C12H23N9O3/c13-6(2-1-3-17-10(14)15)4-8(22)19-7-5-18-12(20-9(7)23)21-11(16)24/h6-7H,1-5,13H2,(H,19,22)(H4,14,15,17)(H4,16,18,20,21,23,24). The molecule has 0 spiro atoms. The van der Waals surface area contributed by atoms with Gasteiger partial charge in [0.1, 0.15) is 6.04 Å². The summed E-state index contributed by atoms with van der Waals surface area (Å²) in [7, 11) is 0. The highest BCUT2D eigenvalue weighted by atomic mass is 16.2. The van der Waals surface area contributed by atoms with Crippen LogP contribution in [0.1, 0.15) is 19.3 Å². The van der Waals surface area contributed by atoms with Crippen molar-refractivity contribution in [3.63, 3.8) is 0 Å². The van der Waals surface area contributed by atoms with Crippen molar-refractivity contribution in [1.82, 2.24) is 16.0 Å². The van der Waals surface area contributed by atoms with Gasteiger partial charge in [0.25, 0.3) is 5.91 Å². The van der Waals surface area contributed by atoms with Gasteiger partial charge in [0.15, 0.2) is 5.96 Å². The first-order chi connectivity index (χ1) is 11.3. The molecule has 134 valence electrons. The van der Waals surface area contributed by atoms with Crippen molar-refractivity contribution in [2.45, 2.75) is 31.3 Å². The number of hydrogen-bond donors (Lipinski definition) is 7. The maximum absolute atomic E-state index is 11.9. The lowest BCUT2D eigenvalue weighted by Crippen LogP contribution is -2.58. The molecule has 0 radical (unpaired) electrons. The van der Waals surface area contributed by atoms with Gasteiger partial charge >= 0.3 is 6.03 Å². The number of nitrogens with two attached hydrogens (primary N) is 4. The highest BCUT2D eigenvalue weighted by Crippen LogP contribution is 2.01. The average molecular weight is 341 g/mol. The Hall–Kier alpha value is -2.89. The lowest BCUT2D eigenvalue weighted by atomic mass is 10.1. The van der Waals surface area contributed by atoms with Gasteiger partial charge < -0.3 is 28.3 Å². The van der Waals surface area contributed by atoms with Crippen LogP contribution in [0.5, 0.6) is 0 Å². The number of amides is 4. The van der Waals surface area contributed by atoms with Crippen LogP contribution in [0.4, 0.5) is 4.79 Å². The molecule has 12 nitrogen and oxygen atoms in total. The predicted molar refractivity (Wildman–Crippen MR) is 87.6 cm³/mol. The molecule has 0 saturated heterocycles. The molecule has 0 bridgehead atoms. The average Bonchev–Trinajstić information content (AvgIpc) is 2.45. The third-order valence-electron chi connectivity index (χ3n) is 3.04. The van der Waals surface area contributed by atoms with Crippen molar-refractivity contribution in [1.29, 1.82) is 0 Å². The summed E-state index contributed by atoms with van der Waals surface area (Å²) < 4.78 is 0. The van der Waals surface area contributed by atoms with Gasteiger partial charge in [-0.25, -0.2) is 9.79 Å². The summed E-state index contributed by atoms with van der Waals surface area (Å²) in [6.45, 7) is 0.431. The van der Waals surface area contributed by atoms with Crippen LogP contribution in [0.15, 0.2) is 9.98 Å². The third-order valence-corrected chi connectivity index (χ3v) is 3.04. The van der Waals surface area contributed by atoms with E-state index in [2.05, 4.69) is 25.9 Å². The van der Waals surface area contributed by atoms with Gasteiger partial charge in [0.2, 0.25) is 11.9 Å². The number of nitrogens with one attached hydrogen (secondary N) is 3. The normalized spacial score (nSPS) is 18.0. The number of primary amides is 1. The van der Waals surface area contributed by atoms with E-state index in [0.717, 1.165) is 0 Å². The number of carbonyl (C=O) groups is 3. The van der Waals surface area contributed by atoms with E-state index in [9.17, 15) is 14.4 Å². The van der Waals surface area contributed by atoms with Crippen LogP contribution in [0, 0.1) is 0 Å². The van der Waals surface area contributed by atoms with E-state index in [4.69, 9.17) is 22.9 Å². The Kier molecular flexibility index (Phi) is 7.42. The largest absolute Gasteiger partial charge is 0.370 e. The molecule has 4 amide bonds. The van der Waals surface area contributed by atoms with Crippen LogP contribution >= 0.6 is 0 Å². The van der Waals surface area contributed by atoms with E-state index in [0.29, 0.717) is 19.4 Å². The molecule has 24 heavy (non-hydrogen) atoms. The molecule has 1 heterocycles. The number of urea groups is 1. The van der Waals surface area contributed by atoms with E-state index in [1.165, 1.54) is 0 Å². The fourth-order valence-electron chi connectivity index (χ4n) is 1.96. The van der Waals surface area contributed by atoms with Crippen molar-refractivity contribution in [3.8, 4) is 0 Å². The summed E-state index contributed by atoms with van der Waals surface area (Å²) in [5.41, 5.74) is 21.2. The number of nitrogens with zero attached hydrogens (tertiary/aromatic N) is 2. The van der Waals surface area contributed by atoms with Crippen molar-refractivity contribution in [2.24, 2.45) is 32.9 Å². The zero-order valence-corrected chi connectivity index (χ0v) is 13.1. The van der Waals surface area contributed by atoms with Gasteiger partial charge in [-0.2, -0.15) is 0 Å². The molecule has 0 saturated carbocycles. The van der Waals surface area contributed by atoms with Crippen molar-refractivity contribution >= 4 is 29.8 Å². The minimum Gasteiger partial charge on any atom is -0.370 e. The summed E-state index contributed by atoms with van der Waals surface area (Å²) in [6.07, 6.45) is 1.26. The SMILES string of the molecule is NC(=O)NC1=NCC(NC(=O)CC(N)CCCN=C(N)N)C(=O)N1. The number of hydrogen-bond acceptors (Lipinski definition) is 6. The molecule has 0 aliphatic carbocycles. The number of rotatable bonds is 7. The van der Waals surface area contributed by atoms with Gasteiger partial charge in [0.05, 0.1) is 6.54 Å². The topological polar surface area (TPSA) is 216 Å². The molecular weight excluding hydrogens is 318 g/mol. The third kappa shape index (κ3) is 7.40. The lowest BCUT2D eigenvalue weighted by molar-refractivity contribution is -0.128. The number of carbonyl (C=O) groups excluding carboxylic acids is 3. The molecule has 1 aliphatic heterocycles. The zero-order chi connectivity index (χ0) is 18.1. The van der Waals surface area contributed by atoms with E-state index >= 15 is 0 Å². The van der Waals surface area contributed by atoms with Crippen molar-refractivity contribution in [3.05, 3.63) is 0 Å². The predicted octanol–water partition coefficient (Wildman–Crippen LogP) is -3.60. The summed E-state index contributed by atoms with van der Waals surface area (Å²) in [4.78, 5) is 42.1. The summed E-state index contributed by atoms with van der Waals surface area (Å²) in [6, 6.07) is -2.05. The van der Waals surface area contributed by atoms with E-state index < -0.39 is 18.0 Å². The monoisotopic (exact) mass is 341 g/mol. The second kappa shape index (κ2) is 9.29. The van der Waals surface area contributed by atoms with Gasteiger partial charge in [-0.05, 0) is 12.8 Å². The van der Waals surface area contributed by atoms with Crippen LogP contribution in [0.25, 0.3) is 0 Å². The molecule has 1 aliphatic rings. The fraction of sp³-hybridized carbons (Fsp3) is 0.583. The van der Waals surface area contributed by atoms with Gasteiger partial charge in [0, 0.05) is 19.0 Å². The lowest BCUT2D eigenvalue weighted by Gasteiger charge is -2.22. The molecule has 1 rings (SSSR count). The Morgan fingerprint density at radius 2 is 2.08 bits per heavy atom. The van der Waals surface area contributed by atoms with Crippen molar-refractivity contribution in [2.75, 3.05) is 13.1 Å². The van der Waals surface area contributed by atoms with E-state index in [-0.39, 0.29) is 36.8 Å². The minimum absolute atomic E-state index is 0.00703. The van der Waals surface area contributed by atoms with Gasteiger partial charge in [-0.3, -0.25) is 25.2 Å². The van der Waals surface area contributed by atoms with Crippen LogP contribution in [0.3, 0.4) is 0 Å². The molecule has 0 aromatic carbocycles. The Morgan fingerprint density at radius 3 is 2.67 bits per heavy atom. The second-order valence-electron chi connectivity index (χ2n) is 5.20. The molecule has 0 fully saturated rings. The summed E-state index contributed by atoms with van der Waals surface area (Å²) >= 11 is 0. The molecule has 0 aromatic rings. The fourth-order valence-corrected chi connectivity index (χ4v) is 1.96. The maximum Gasteiger partial charge on any atom is 0.318 e. The second-order valence-corrected chi connectivity index (χ2v) is 5.20. The van der Waals surface area contributed by atoms with Crippen molar-refractivity contribution < 1.29 is 14.4 Å². The highest BCUT2D eigenvalue weighted by molar-refractivity contribution is 6.07. The van der Waals surface area contributed by atoms with E-state index in [1.807, 2.05) is 0 Å². The Bertz CT molecular complexity index is 542. The van der Waals surface area contributed by atoms with E-state index in [1.54, 1.807) is 0 Å². The molecule has 2 unspecified atom stereocenters. The quantitative estimate of drug-likeness (QED) is 0.141. The van der Waals surface area contributed by atoms with Gasteiger partial charge in [-0.15, -0.1) is 0 Å². The minimum atomic E-state index is -0.844. The van der Waals surface area contributed by atoms with Crippen LogP contribution < -0.4 is 38.9 Å². The van der Waals surface area contributed by atoms with Crippen LogP contribution in [0.2, 0.25) is 0 Å².